The third kappa shape index (κ3) is 25.3. The first-order chi connectivity index (χ1) is 7.54. The molecule has 0 saturated heterocycles. The summed E-state index contributed by atoms with van der Waals surface area (Å²) in [6, 6.07) is 0. The Labute approximate surface area is 113 Å². The monoisotopic (exact) mass is 333 g/mol. The Morgan fingerprint density at radius 2 is 1.12 bits per heavy atom. The third-order valence-corrected chi connectivity index (χ3v) is 0.613. The van der Waals surface area contributed by atoms with Gasteiger partial charge >= 0.3 is 19.5 Å². The Hall–Kier alpha value is -1.10. The summed E-state index contributed by atoms with van der Waals surface area (Å²) in [6.07, 6.45) is 2.16. The van der Waals surface area contributed by atoms with E-state index in [2.05, 4.69) is 44.3 Å². The van der Waals surface area contributed by atoms with Crippen molar-refractivity contribution in [3.05, 3.63) is 30.2 Å². The van der Waals surface area contributed by atoms with Crippen LogP contribution in [0.5, 0.6) is 0 Å². The van der Waals surface area contributed by atoms with Gasteiger partial charge in [-0.05, 0) is 0 Å². The molecule has 0 N–H and O–H groups in total. The number of halogens is 2. The molecule has 0 aliphatic carbocycles. The maximum absolute atomic E-state index is 11.8. The molecular weight excluding hydrogens is 319 g/mol. The minimum atomic E-state index is -1.16. The average molecular weight is 332 g/mol. The van der Waals surface area contributed by atoms with E-state index in [1.54, 1.807) is 0 Å². The normalized spacial score (nSPS) is 6.94. The first kappa shape index (κ1) is 24.9. The smallest absolute Gasteiger partial charge is 0.545 e. The van der Waals surface area contributed by atoms with Crippen molar-refractivity contribution in [3.8, 4) is 0 Å². The van der Waals surface area contributed by atoms with Crippen LogP contribution in [0, 0.1) is 17.8 Å². The third-order valence-electron chi connectivity index (χ3n) is 0.613. The van der Waals surface area contributed by atoms with Crippen LogP contribution in [-0.4, -0.2) is 23.5 Å². The summed E-state index contributed by atoms with van der Waals surface area (Å²) >= 11 is 0. The number of hydrogen-bond acceptors (Lipinski definition) is 4. The van der Waals surface area contributed by atoms with Gasteiger partial charge < -0.3 is 15.5 Å². The van der Waals surface area contributed by atoms with E-state index >= 15 is 0 Å². The van der Waals surface area contributed by atoms with Gasteiger partial charge in [0.15, 0.2) is 0 Å². The van der Waals surface area contributed by atoms with Gasteiger partial charge in [-0.2, -0.15) is 29.6 Å². The standard InChI is InChI=1S/C4H2F2N2.C4H9.2CHO.Ru/c5-3-4(6)8-2-1-7-3;1-4(2)3;2*1-2;/h1-2H;1-3H3;2*1H;/q;3*-1;+3. The van der Waals surface area contributed by atoms with E-state index in [9.17, 15) is 8.78 Å². The summed E-state index contributed by atoms with van der Waals surface area (Å²) in [4.78, 5) is 21.4. The number of rotatable bonds is 0. The molecule has 1 aromatic heterocycles. The van der Waals surface area contributed by atoms with Crippen LogP contribution in [0.4, 0.5) is 8.78 Å². The molecular formula is C10H13F2N2O2Ru. The number of nitrogens with zero attached hydrogens (tertiary/aromatic N) is 2. The van der Waals surface area contributed by atoms with Crippen LogP contribution in [0.1, 0.15) is 20.8 Å². The van der Waals surface area contributed by atoms with E-state index < -0.39 is 11.9 Å². The molecule has 4 nitrogen and oxygen atoms in total. The van der Waals surface area contributed by atoms with Gasteiger partial charge in [-0.3, -0.25) is 13.6 Å². The number of aromatic nitrogens is 2. The zero-order chi connectivity index (χ0) is 13.6. The average Bonchev–Trinajstić information content (AvgIpc) is 2.27. The van der Waals surface area contributed by atoms with Crippen molar-refractivity contribution in [1.29, 1.82) is 0 Å². The molecule has 17 heavy (non-hydrogen) atoms. The van der Waals surface area contributed by atoms with Gasteiger partial charge in [-0.15, -0.1) is 0 Å². The fourth-order valence-electron chi connectivity index (χ4n) is 0.304. The van der Waals surface area contributed by atoms with E-state index in [1.807, 2.05) is 0 Å². The second-order valence-corrected chi connectivity index (χ2v) is 2.64. The summed E-state index contributed by atoms with van der Waals surface area (Å²) in [5, 5.41) is 0. The summed E-state index contributed by atoms with van der Waals surface area (Å²) in [7, 11) is 0. The summed E-state index contributed by atoms with van der Waals surface area (Å²) in [6.45, 7) is 12.8. The van der Waals surface area contributed by atoms with Crippen LogP contribution in [0.25, 0.3) is 0 Å². The predicted octanol–water partition coefficient (Wildman–Crippen LogP) is 1.82. The molecule has 7 heteroatoms. The van der Waals surface area contributed by atoms with E-state index in [4.69, 9.17) is 9.59 Å². The molecule has 1 aromatic rings. The van der Waals surface area contributed by atoms with Crippen molar-refractivity contribution < 1.29 is 37.8 Å². The van der Waals surface area contributed by atoms with Gasteiger partial charge in [0.1, 0.15) is 0 Å². The van der Waals surface area contributed by atoms with Crippen LogP contribution in [0.3, 0.4) is 0 Å². The molecule has 0 fully saturated rings. The quantitative estimate of drug-likeness (QED) is 0.413. The second-order valence-electron chi connectivity index (χ2n) is 2.64. The summed E-state index contributed by atoms with van der Waals surface area (Å²) in [5.74, 6) is -0.903. The molecule has 0 amide bonds. The van der Waals surface area contributed by atoms with Crippen molar-refractivity contribution in [3.63, 3.8) is 0 Å². The van der Waals surface area contributed by atoms with Gasteiger partial charge in [-0.25, -0.2) is 9.97 Å². The van der Waals surface area contributed by atoms with E-state index in [-0.39, 0.29) is 19.5 Å². The molecule has 1 heterocycles. The first-order valence-corrected chi connectivity index (χ1v) is 3.90. The molecule has 97 valence electrons. The Bertz CT molecular complexity index is 240. The molecule has 0 aliphatic heterocycles. The molecule has 0 bridgehead atoms. The Morgan fingerprint density at radius 3 is 1.24 bits per heavy atom. The van der Waals surface area contributed by atoms with Gasteiger partial charge in [0.2, 0.25) is 0 Å². The van der Waals surface area contributed by atoms with Gasteiger partial charge in [0, 0.05) is 12.4 Å². The van der Waals surface area contributed by atoms with Gasteiger partial charge in [-0.1, -0.05) is 0 Å². The minimum absolute atomic E-state index is 0. The Kier molecular flexibility index (Phi) is 29.8. The maximum atomic E-state index is 11.8. The molecule has 0 spiro atoms. The van der Waals surface area contributed by atoms with E-state index in [0.717, 1.165) is 12.4 Å². The maximum Gasteiger partial charge on any atom is 3.00 e. The van der Waals surface area contributed by atoms with Crippen molar-refractivity contribution in [2.75, 3.05) is 0 Å². The second kappa shape index (κ2) is 20.3. The fourth-order valence-corrected chi connectivity index (χ4v) is 0.304. The molecule has 0 saturated carbocycles. The summed E-state index contributed by atoms with van der Waals surface area (Å²) < 4.78 is 23.5. The zero-order valence-electron chi connectivity index (χ0n) is 9.63. The van der Waals surface area contributed by atoms with Crippen molar-refractivity contribution >= 4 is 13.6 Å². The minimum Gasteiger partial charge on any atom is -0.545 e. The Morgan fingerprint density at radius 1 is 0.941 bits per heavy atom. The van der Waals surface area contributed by atoms with Gasteiger partial charge in [0.25, 0.3) is 11.9 Å². The molecule has 0 aromatic carbocycles. The first-order valence-electron chi connectivity index (χ1n) is 3.90. The molecule has 0 atom stereocenters. The molecule has 1 rings (SSSR count). The molecule has 1 radical (unpaired) electrons. The summed E-state index contributed by atoms with van der Waals surface area (Å²) in [5.41, 5.74) is 0. The number of carbonyl (C=O) groups excluding carboxylic acids is 2. The van der Waals surface area contributed by atoms with Crippen LogP contribution >= 0.6 is 0 Å². The van der Waals surface area contributed by atoms with Crippen LogP contribution < -0.4 is 0 Å². The molecule has 0 unspecified atom stereocenters. The van der Waals surface area contributed by atoms with Crippen molar-refractivity contribution in [2.24, 2.45) is 0 Å². The SMILES string of the molecule is C[C-](C)C.Fc1nccnc1F.[CH-]=O.[CH-]=O.[Ru+3]. The van der Waals surface area contributed by atoms with E-state index in [0.29, 0.717) is 0 Å². The predicted molar refractivity (Wildman–Crippen MR) is 55.7 cm³/mol. The topological polar surface area (TPSA) is 59.9 Å². The van der Waals surface area contributed by atoms with E-state index in [1.165, 1.54) is 5.92 Å². The fraction of sp³-hybridized carbons (Fsp3) is 0.300. The van der Waals surface area contributed by atoms with Crippen LogP contribution in [0.15, 0.2) is 12.4 Å². The van der Waals surface area contributed by atoms with Gasteiger partial charge in [0.05, 0.1) is 0 Å². The largest absolute Gasteiger partial charge is 3.00 e. The number of hydrogen-bond donors (Lipinski definition) is 0. The van der Waals surface area contributed by atoms with Crippen molar-refractivity contribution in [2.45, 2.75) is 20.8 Å². The zero-order valence-corrected chi connectivity index (χ0v) is 11.4. The van der Waals surface area contributed by atoms with Crippen LogP contribution in [0.2, 0.25) is 0 Å². The Balaban J connectivity index is -0.0000000814. The van der Waals surface area contributed by atoms with Crippen molar-refractivity contribution in [1.82, 2.24) is 9.97 Å². The molecule has 0 aliphatic rings. The van der Waals surface area contributed by atoms with Crippen LogP contribution in [-0.2, 0) is 29.1 Å².